The van der Waals surface area contributed by atoms with E-state index in [-0.39, 0.29) is 11.2 Å². The molecule has 0 aromatic heterocycles. The van der Waals surface area contributed by atoms with Crippen LogP contribution in [0.2, 0.25) is 0 Å². The number of rotatable bonds is 5. The van der Waals surface area contributed by atoms with Crippen molar-refractivity contribution in [1.29, 1.82) is 0 Å². The topological polar surface area (TPSA) is 113 Å². The molecule has 5 rings (SSSR count). The third kappa shape index (κ3) is 3.81. The van der Waals surface area contributed by atoms with Gasteiger partial charge in [-0.15, -0.1) is 0 Å². The Labute approximate surface area is 163 Å². The number of nitro benzene ring substituents is 1. The first-order chi connectivity index (χ1) is 13.3. The van der Waals surface area contributed by atoms with Crippen molar-refractivity contribution < 1.29 is 14.5 Å². The molecule has 4 aliphatic rings. The third-order valence-electron chi connectivity index (χ3n) is 6.49. The number of imide groups is 1. The van der Waals surface area contributed by atoms with Crippen LogP contribution in [0.15, 0.2) is 24.3 Å². The molecule has 0 unspecified atom stereocenters. The average molecular weight is 386 g/mol. The van der Waals surface area contributed by atoms with Gasteiger partial charge in [0.25, 0.3) is 5.69 Å². The van der Waals surface area contributed by atoms with Crippen LogP contribution in [0.25, 0.3) is 0 Å². The minimum Gasteiger partial charge on any atom is -0.374 e. The van der Waals surface area contributed by atoms with Crippen molar-refractivity contribution >= 4 is 23.3 Å². The lowest BCUT2D eigenvalue weighted by Crippen LogP contribution is -2.62. The second kappa shape index (κ2) is 7.07. The first-order valence-electron chi connectivity index (χ1n) is 9.96. The fourth-order valence-corrected chi connectivity index (χ4v) is 5.78. The summed E-state index contributed by atoms with van der Waals surface area (Å²) in [5, 5.41) is 19.3. The van der Waals surface area contributed by atoms with Crippen molar-refractivity contribution in [3.05, 3.63) is 34.4 Å². The zero-order valence-electron chi connectivity index (χ0n) is 15.9. The summed E-state index contributed by atoms with van der Waals surface area (Å²) in [6.45, 7) is 1.62. The van der Waals surface area contributed by atoms with Crippen LogP contribution < -0.4 is 16.0 Å². The highest BCUT2D eigenvalue weighted by Crippen LogP contribution is 2.55. The second-order valence-corrected chi connectivity index (χ2v) is 8.81. The maximum Gasteiger partial charge on any atom is 0.321 e. The average Bonchev–Trinajstić information content (AvgIpc) is 2.60. The molecule has 4 bridgehead atoms. The van der Waals surface area contributed by atoms with Gasteiger partial charge in [0.05, 0.1) is 4.92 Å². The van der Waals surface area contributed by atoms with Gasteiger partial charge in [-0.25, -0.2) is 4.79 Å². The van der Waals surface area contributed by atoms with Crippen molar-refractivity contribution in [2.45, 2.75) is 57.0 Å². The number of nitrogens with zero attached hydrogens (tertiary/aromatic N) is 1. The summed E-state index contributed by atoms with van der Waals surface area (Å²) in [5.74, 6) is 1.65. The molecule has 0 saturated heterocycles. The van der Waals surface area contributed by atoms with E-state index < -0.39 is 22.9 Å². The SMILES string of the molecule is C[C@@H](Nc1cccc([N+](=O)[O-])c1)C(=O)NC(=O)NC12CC3CC(CC(C3)C1)C2. The number of amides is 3. The molecule has 1 aromatic carbocycles. The Morgan fingerprint density at radius 3 is 2.32 bits per heavy atom. The van der Waals surface area contributed by atoms with Crippen molar-refractivity contribution in [3.8, 4) is 0 Å². The number of benzene rings is 1. The van der Waals surface area contributed by atoms with E-state index in [0.717, 1.165) is 19.3 Å². The number of nitro groups is 1. The standard InChI is InChI=1S/C20H26N4O4/c1-12(21-16-3-2-4-17(8-16)24(27)28)18(25)22-19(26)23-20-9-13-5-14(10-20)7-15(6-13)11-20/h2-4,8,12-15,21H,5-7,9-11H2,1H3,(H2,22,23,25,26)/t12-,13?,14?,15?,20?/m1/s1. The zero-order chi connectivity index (χ0) is 19.9. The normalized spacial score (nSPS) is 31.1. The lowest BCUT2D eigenvalue weighted by atomic mass is 9.53. The highest BCUT2D eigenvalue weighted by Gasteiger charge is 2.51. The molecule has 3 amide bonds. The summed E-state index contributed by atoms with van der Waals surface area (Å²) in [6.07, 6.45) is 6.90. The first kappa shape index (κ1) is 18.7. The van der Waals surface area contributed by atoms with E-state index in [9.17, 15) is 19.7 Å². The number of hydrogen-bond donors (Lipinski definition) is 3. The van der Waals surface area contributed by atoms with Gasteiger partial charge in [0, 0.05) is 23.4 Å². The maximum atomic E-state index is 12.5. The maximum absolute atomic E-state index is 12.5. The molecular formula is C20H26N4O4. The molecule has 28 heavy (non-hydrogen) atoms. The van der Waals surface area contributed by atoms with Crippen LogP contribution in [0.3, 0.4) is 0 Å². The van der Waals surface area contributed by atoms with Gasteiger partial charge in [-0.1, -0.05) is 6.07 Å². The number of urea groups is 1. The molecule has 8 heteroatoms. The van der Waals surface area contributed by atoms with Crippen LogP contribution in [-0.2, 0) is 4.79 Å². The smallest absolute Gasteiger partial charge is 0.321 e. The molecule has 0 radical (unpaired) electrons. The van der Waals surface area contributed by atoms with E-state index in [1.54, 1.807) is 19.1 Å². The number of anilines is 1. The van der Waals surface area contributed by atoms with Crippen LogP contribution in [0.4, 0.5) is 16.2 Å². The molecular weight excluding hydrogens is 360 g/mol. The second-order valence-electron chi connectivity index (χ2n) is 8.81. The summed E-state index contributed by atoms with van der Waals surface area (Å²) < 4.78 is 0. The summed E-state index contributed by atoms with van der Waals surface area (Å²) in [5.41, 5.74) is 0.242. The molecule has 0 aliphatic heterocycles. The minimum atomic E-state index is -0.705. The van der Waals surface area contributed by atoms with Gasteiger partial charge < -0.3 is 10.6 Å². The van der Waals surface area contributed by atoms with Gasteiger partial charge in [-0.2, -0.15) is 0 Å². The van der Waals surface area contributed by atoms with Crippen LogP contribution in [0.1, 0.15) is 45.4 Å². The van der Waals surface area contributed by atoms with Gasteiger partial charge in [0.2, 0.25) is 5.91 Å². The van der Waals surface area contributed by atoms with Gasteiger partial charge in [-0.05, 0) is 69.3 Å². The Bertz CT molecular complexity index is 774. The van der Waals surface area contributed by atoms with Crippen molar-refractivity contribution in [3.63, 3.8) is 0 Å². The van der Waals surface area contributed by atoms with Crippen LogP contribution in [0.5, 0.6) is 0 Å². The highest BCUT2D eigenvalue weighted by molar-refractivity contribution is 5.98. The fraction of sp³-hybridized carbons (Fsp3) is 0.600. The number of carbonyl (C=O) groups excluding carboxylic acids is 2. The summed E-state index contributed by atoms with van der Waals surface area (Å²) in [6, 6.07) is 4.79. The van der Waals surface area contributed by atoms with Crippen molar-refractivity contribution in [2.75, 3.05) is 5.32 Å². The van der Waals surface area contributed by atoms with Crippen molar-refractivity contribution in [2.24, 2.45) is 17.8 Å². The molecule has 0 heterocycles. The monoisotopic (exact) mass is 386 g/mol. The van der Waals surface area contributed by atoms with Gasteiger partial charge >= 0.3 is 6.03 Å². The highest BCUT2D eigenvalue weighted by atomic mass is 16.6. The van der Waals surface area contributed by atoms with E-state index in [1.165, 1.54) is 31.4 Å². The molecule has 0 spiro atoms. The largest absolute Gasteiger partial charge is 0.374 e. The van der Waals surface area contributed by atoms with E-state index in [1.807, 2.05) is 0 Å². The van der Waals surface area contributed by atoms with E-state index in [0.29, 0.717) is 23.4 Å². The number of non-ortho nitro benzene ring substituents is 1. The van der Waals surface area contributed by atoms with E-state index in [4.69, 9.17) is 0 Å². The lowest BCUT2D eigenvalue weighted by molar-refractivity contribution is -0.384. The fourth-order valence-electron chi connectivity index (χ4n) is 5.78. The zero-order valence-corrected chi connectivity index (χ0v) is 15.9. The minimum absolute atomic E-state index is 0.0582. The molecule has 8 nitrogen and oxygen atoms in total. The van der Waals surface area contributed by atoms with Gasteiger partial charge in [0.15, 0.2) is 0 Å². The van der Waals surface area contributed by atoms with Crippen LogP contribution in [-0.4, -0.2) is 28.4 Å². The summed E-state index contributed by atoms with van der Waals surface area (Å²) >= 11 is 0. The van der Waals surface area contributed by atoms with Gasteiger partial charge in [-0.3, -0.25) is 20.2 Å². The van der Waals surface area contributed by atoms with E-state index in [2.05, 4.69) is 16.0 Å². The molecule has 4 aliphatic carbocycles. The van der Waals surface area contributed by atoms with Gasteiger partial charge in [0.1, 0.15) is 6.04 Å². The van der Waals surface area contributed by atoms with Crippen LogP contribution >= 0.6 is 0 Å². The predicted molar refractivity (Wildman–Crippen MR) is 104 cm³/mol. The Morgan fingerprint density at radius 2 is 1.75 bits per heavy atom. The predicted octanol–water partition coefficient (Wildman–Crippen LogP) is 3.19. The molecule has 4 saturated carbocycles. The number of nitrogens with one attached hydrogen (secondary N) is 3. The number of hydrogen-bond acceptors (Lipinski definition) is 5. The molecule has 1 atom stereocenters. The quantitative estimate of drug-likeness (QED) is 0.531. The molecule has 150 valence electrons. The molecule has 1 aromatic rings. The van der Waals surface area contributed by atoms with E-state index >= 15 is 0 Å². The molecule has 3 N–H and O–H groups in total. The Kier molecular flexibility index (Phi) is 4.72. The Balaban J connectivity index is 1.32. The lowest BCUT2D eigenvalue weighted by Gasteiger charge is -2.56. The molecule has 4 fully saturated rings. The summed E-state index contributed by atoms with van der Waals surface area (Å²) in [4.78, 5) is 35.2. The summed E-state index contributed by atoms with van der Waals surface area (Å²) in [7, 11) is 0. The van der Waals surface area contributed by atoms with Crippen LogP contribution in [0, 0.1) is 27.9 Å². The van der Waals surface area contributed by atoms with Crippen molar-refractivity contribution in [1.82, 2.24) is 10.6 Å². The third-order valence-corrected chi connectivity index (χ3v) is 6.49. The number of carbonyl (C=O) groups is 2. The Hall–Kier alpha value is -2.64. The Morgan fingerprint density at radius 1 is 1.14 bits per heavy atom. The first-order valence-corrected chi connectivity index (χ1v) is 9.96.